The zero-order valence-electron chi connectivity index (χ0n) is 26.8. The molecule has 2 atom stereocenters. The number of aromatic carboxylic acids is 1. The van der Waals surface area contributed by atoms with E-state index in [-0.39, 0.29) is 37.2 Å². The van der Waals surface area contributed by atoms with Gasteiger partial charge < -0.3 is 24.4 Å². The van der Waals surface area contributed by atoms with Crippen LogP contribution in [0.1, 0.15) is 99.0 Å². The van der Waals surface area contributed by atoms with E-state index in [1.807, 2.05) is 49.5 Å². The third-order valence-corrected chi connectivity index (χ3v) is 8.24. The summed E-state index contributed by atoms with van der Waals surface area (Å²) in [6.45, 7) is 12.7. The van der Waals surface area contributed by atoms with Crippen LogP contribution in [0, 0.1) is 5.92 Å². The molecule has 1 aliphatic carbocycles. The van der Waals surface area contributed by atoms with Crippen molar-refractivity contribution in [2.75, 3.05) is 26.4 Å². The highest BCUT2D eigenvalue weighted by Gasteiger charge is 2.33. The van der Waals surface area contributed by atoms with E-state index in [0.29, 0.717) is 56.3 Å². The number of benzene rings is 2. The standard InChI is InChI=1S/C36H47N3O6.CH4/c1-5-6-8-13-28-21-32(34(35(40)33(28)36(41)42)31-20-26(4)14-15-30(31)25(2)3)45-19-18-43-16-17-44-24-29-23-39(38-37-29)22-27-11-9-7-10-12-27;/h7,9-12,20-21,23,30-31,40H,2,5-6,8,13-19,22,24H2,1,3-4H3,(H,41,42);1H4. The number of ether oxygens (including phenoxy) is 3. The average Bonchev–Trinajstić information content (AvgIpc) is 3.45. The third kappa shape index (κ3) is 10.0. The molecular formula is C37H51N3O6. The van der Waals surface area contributed by atoms with Gasteiger partial charge in [0.05, 0.1) is 39.2 Å². The molecule has 2 N–H and O–H groups in total. The van der Waals surface area contributed by atoms with Gasteiger partial charge in [-0.05, 0) is 62.6 Å². The van der Waals surface area contributed by atoms with Gasteiger partial charge >= 0.3 is 5.97 Å². The molecule has 46 heavy (non-hydrogen) atoms. The van der Waals surface area contributed by atoms with E-state index >= 15 is 0 Å². The summed E-state index contributed by atoms with van der Waals surface area (Å²) in [6.07, 6.45) is 9.20. The number of aryl methyl sites for hydroxylation is 1. The van der Waals surface area contributed by atoms with Crippen molar-refractivity contribution in [3.05, 3.63) is 94.3 Å². The van der Waals surface area contributed by atoms with E-state index in [0.717, 1.165) is 48.9 Å². The molecule has 0 spiro atoms. The number of phenols is 1. The van der Waals surface area contributed by atoms with Crippen molar-refractivity contribution in [1.29, 1.82) is 0 Å². The van der Waals surface area contributed by atoms with Crippen molar-refractivity contribution in [3.63, 3.8) is 0 Å². The fourth-order valence-corrected chi connectivity index (χ4v) is 5.92. The highest BCUT2D eigenvalue weighted by molar-refractivity contribution is 5.94. The van der Waals surface area contributed by atoms with E-state index in [4.69, 9.17) is 14.2 Å². The van der Waals surface area contributed by atoms with Crippen molar-refractivity contribution >= 4 is 5.97 Å². The Bertz CT molecular complexity index is 1450. The Balaban J connectivity index is 0.00000576. The first-order valence-electron chi connectivity index (χ1n) is 15.9. The second kappa shape index (κ2) is 18.3. The van der Waals surface area contributed by atoms with Crippen LogP contribution in [0.15, 0.2) is 66.4 Å². The van der Waals surface area contributed by atoms with Crippen LogP contribution in [0.25, 0.3) is 0 Å². The van der Waals surface area contributed by atoms with Crippen molar-refractivity contribution in [3.8, 4) is 11.5 Å². The van der Waals surface area contributed by atoms with Gasteiger partial charge in [0.2, 0.25) is 0 Å². The lowest BCUT2D eigenvalue weighted by Crippen LogP contribution is -2.20. The summed E-state index contributed by atoms with van der Waals surface area (Å²) in [5.74, 6) is -0.984. The van der Waals surface area contributed by atoms with E-state index in [1.165, 1.54) is 5.57 Å². The Morgan fingerprint density at radius 2 is 1.85 bits per heavy atom. The Kier molecular flexibility index (Phi) is 14.5. The number of aromatic nitrogens is 3. The molecule has 1 aliphatic rings. The molecule has 1 aromatic heterocycles. The largest absolute Gasteiger partial charge is 0.507 e. The number of carbonyl (C=O) groups is 1. The molecular weight excluding hydrogens is 582 g/mol. The minimum absolute atomic E-state index is 0. The Labute approximate surface area is 273 Å². The SMILES string of the molecule is C.C=C(C)C1CCC(C)=CC1c1c(OCCOCCOCc2cn(Cc3ccccc3)nn2)cc(CCCCC)c(C(=O)O)c1O. The van der Waals surface area contributed by atoms with E-state index in [2.05, 4.69) is 36.8 Å². The second-order valence-electron chi connectivity index (χ2n) is 11.9. The lowest BCUT2D eigenvalue weighted by atomic mass is 9.73. The van der Waals surface area contributed by atoms with Crippen molar-refractivity contribution in [2.24, 2.45) is 5.92 Å². The van der Waals surface area contributed by atoms with Gasteiger partial charge in [-0.3, -0.25) is 0 Å². The van der Waals surface area contributed by atoms with Crippen LogP contribution in [0.4, 0.5) is 0 Å². The maximum Gasteiger partial charge on any atom is 0.339 e. The van der Waals surface area contributed by atoms with Gasteiger partial charge in [0.1, 0.15) is 29.4 Å². The normalized spacial score (nSPS) is 16.0. The van der Waals surface area contributed by atoms with Gasteiger partial charge in [0.25, 0.3) is 0 Å². The number of allylic oxidation sites excluding steroid dienone is 3. The lowest BCUT2D eigenvalue weighted by molar-refractivity contribution is 0.0292. The molecule has 2 aromatic carbocycles. The lowest BCUT2D eigenvalue weighted by Gasteiger charge is -2.32. The maximum absolute atomic E-state index is 12.4. The number of rotatable bonds is 18. The first kappa shape index (κ1) is 36.5. The summed E-state index contributed by atoms with van der Waals surface area (Å²) in [6, 6.07) is 11.9. The zero-order valence-corrected chi connectivity index (χ0v) is 26.8. The first-order valence-corrected chi connectivity index (χ1v) is 15.9. The molecule has 0 bridgehead atoms. The van der Waals surface area contributed by atoms with Crippen molar-refractivity contribution in [2.45, 2.75) is 85.8 Å². The van der Waals surface area contributed by atoms with Crippen LogP contribution in [0.5, 0.6) is 11.5 Å². The molecule has 0 fully saturated rings. The number of hydrogen-bond acceptors (Lipinski definition) is 7. The fourth-order valence-electron chi connectivity index (χ4n) is 5.92. The number of unbranched alkanes of at least 4 members (excludes halogenated alkanes) is 2. The van der Waals surface area contributed by atoms with E-state index < -0.39 is 5.97 Å². The molecule has 0 radical (unpaired) electrons. The summed E-state index contributed by atoms with van der Waals surface area (Å²) in [5.41, 5.74) is 5.18. The summed E-state index contributed by atoms with van der Waals surface area (Å²) in [7, 11) is 0. The van der Waals surface area contributed by atoms with Crippen LogP contribution in [-0.2, 0) is 29.0 Å². The second-order valence-corrected chi connectivity index (χ2v) is 11.9. The molecule has 0 saturated carbocycles. The summed E-state index contributed by atoms with van der Waals surface area (Å²) in [5, 5.41) is 30.0. The predicted molar refractivity (Wildman–Crippen MR) is 181 cm³/mol. The van der Waals surface area contributed by atoms with E-state index in [9.17, 15) is 15.0 Å². The van der Waals surface area contributed by atoms with Gasteiger partial charge in [-0.25, -0.2) is 9.48 Å². The Morgan fingerprint density at radius 1 is 1.11 bits per heavy atom. The molecule has 2 unspecified atom stereocenters. The van der Waals surface area contributed by atoms with Gasteiger partial charge in [-0.15, -0.1) is 5.10 Å². The monoisotopic (exact) mass is 633 g/mol. The molecule has 4 rings (SSSR count). The Morgan fingerprint density at radius 3 is 2.57 bits per heavy atom. The van der Waals surface area contributed by atoms with Crippen molar-refractivity contribution < 1.29 is 29.2 Å². The van der Waals surface area contributed by atoms with Crippen LogP contribution in [0.2, 0.25) is 0 Å². The zero-order chi connectivity index (χ0) is 32.2. The minimum Gasteiger partial charge on any atom is -0.507 e. The van der Waals surface area contributed by atoms with Crippen LogP contribution >= 0.6 is 0 Å². The highest BCUT2D eigenvalue weighted by Crippen LogP contribution is 2.48. The third-order valence-electron chi connectivity index (χ3n) is 8.24. The van der Waals surface area contributed by atoms with Gasteiger partial charge in [0.15, 0.2) is 0 Å². The topological polar surface area (TPSA) is 116 Å². The molecule has 250 valence electrons. The summed E-state index contributed by atoms with van der Waals surface area (Å²) >= 11 is 0. The molecule has 0 amide bonds. The molecule has 9 nitrogen and oxygen atoms in total. The number of nitrogens with zero attached hydrogens (tertiary/aromatic N) is 3. The van der Waals surface area contributed by atoms with E-state index in [1.54, 1.807) is 4.68 Å². The van der Waals surface area contributed by atoms with Crippen LogP contribution < -0.4 is 4.74 Å². The number of carboxylic acid groups (broad SMARTS) is 1. The predicted octanol–water partition coefficient (Wildman–Crippen LogP) is 7.73. The van der Waals surface area contributed by atoms with Gasteiger partial charge in [-0.2, -0.15) is 0 Å². The number of hydrogen-bond donors (Lipinski definition) is 2. The fraction of sp³-hybridized carbons (Fsp3) is 0.486. The maximum atomic E-state index is 12.4. The Hall–Kier alpha value is -3.95. The van der Waals surface area contributed by atoms with Gasteiger partial charge in [-0.1, -0.05) is 86.5 Å². The van der Waals surface area contributed by atoms with Crippen molar-refractivity contribution in [1.82, 2.24) is 15.0 Å². The van der Waals surface area contributed by atoms with Crippen LogP contribution in [-0.4, -0.2) is 57.6 Å². The molecule has 0 aliphatic heterocycles. The molecule has 3 aromatic rings. The van der Waals surface area contributed by atoms with Gasteiger partial charge in [0, 0.05) is 11.5 Å². The molecule has 9 heteroatoms. The minimum atomic E-state index is -1.13. The summed E-state index contributed by atoms with van der Waals surface area (Å²) in [4.78, 5) is 12.4. The number of aromatic hydroxyl groups is 1. The average molecular weight is 634 g/mol. The first-order chi connectivity index (χ1) is 21.8. The smallest absolute Gasteiger partial charge is 0.339 e. The molecule has 0 saturated heterocycles. The highest BCUT2D eigenvalue weighted by atomic mass is 16.5. The quantitative estimate of drug-likeness (QED) is 0.108. The molecule has 1 heterocycles. The number of carboxylic acids is 1. The summed E-state index contributed by atoms with van der Waals surface area (Å²) < 4.78 is 19.5. The van der Waals surface area contributed by atoms with Crippen LogP contribution in [0.3, 0.4) is 0 Å².